The van der Waals surface area contributed by atoms with E-state index in [0.717, 1.165) is 32.1 Å². The van der Waals surface area contributed by atoms with Crippen molar-refractivity contribution in [3.8, 4) is 0 Å². The Kier molecular flexibility index (Phi) is 3.58. The first-order valence-corrected chi connectivity index (χ1v) is 8.79. The first-order valence-electron chi connectivity index (χ1n) is 8.79. The van der Waals surface area contributed by atoms with Gasteiger partial charge in [-0.05, 0) is 57.3 Å². The molecule has 22 heavy (non-hydrogen) atoms. The Morgan fingerprint density at radius 3 is 2.73 bits per heavy atom. The summed E-state index contributed by atoms with van der Waals surface area (Å²) >= 11 is 0. The average Bonchev–Trinajstić information content (AvgIpc) is 2.55. The molecule has 1 spiro atoms. The third-order valence-corrected chi connectivity index (χ3v) is 6.97. The van der Waals surface area contributed by atoms with Gasteiger partial charge in [0.1, 0.15) is 5.60 Å². The SMILES string of the molecule is C=C/C(C)=C/C[C@H]1[C@]2(C)CCC3C(C)(C)CCC[C@@]31C(=O)O2. The highest BCUT2D eigenvalue weighted by atomic mass is 16.6. The van der Waals surface area contributed by atoms with Crippen molar-refractivity contribution in [1.82, 2.24) is 0 Å². The lowest BCUT2D eigenvalue weighted by Gasteiger charge is -2.55. The van der Waals surface area contributed by atoms with Gasteiger partial charge in [-0.3, -0.25) is 4.79 Å². The van der Waals surface area contributed by atoms with Crippen LogP contribution in [0, 0.1) is 22.7 Å². The number of carbonyl (C=O) groups is 1. The Balaban J connectivity index is 2.03. The second-order valence-electron chi connectivity index (χ2n) is 8.62. The highest BCUT2D eigenvalue weighted by Gasteiger charge is 2.70. The molecular formula is C20H30O2. The van der Waals surface area contributed by atoms with Crippen molar-refractivity contribution in [3.63, 3.8) is 0 Å². The van der Waals surface area contributed by atoms with Gasteiger partial charge in [0, 0.05) is 5.92 Å². The van der Waals surface area contributed by atoms with Crippen LogP contribution in [0.3, 0.4) is 0 Å². The minimum absolute atomic E-state index is 0.0972. The van der Waals surface area contributed by atoms with Crippen molar-refractivity contribution in [2.45, 2.75) is 71.8 Å². The molecule has 3 fully saturated rings. The number of esters is 1. The number of allylic oxidation sites excluding steroid dienone is 3. The summed E-state index contributed by atoms with van der Waals surface area (Å²) in [5.74, 6) is 0.889. The molecular weight excluding hydrogens is 272 g/mol. The van der Waals surface area contributed by atoms with E-state index in [1.807, 2.05) is 6.08 Å². The standard InChI is InChI=1S/C20H30O2/c1-6-14(2)8-9-16-19(5)13-10-15-18(3,4)11-7-12-20(15,16)17(21)22-19/h6,8,15-16H,1,7,9-13H2,2-5H3/b14-8+/t15?,16-,19-,20+/m0/s1. The molecule has 2 saturated carbocycles. The number of hydrogen-bond acceptors (Lipinski definition) is 2. The molecule has 0 N–H and O–H groups in total. The molecule has 0 amide bonds. The molecule has 2 nitrogen and oxygen atoms in total. The first kappa shape index (κ1) is 15.8. The van der Waals surface area contributed by atoms with Crippen molar-refractivity contribution in [2.24, 2.45) is 22.7 Å². The van der Waals surface area contributed by atoms with Crippen molar-refractivity contribution in [1.29, 1.82) is 0 Å². The maximum absolute atomic E-state index is 13.0. The number of rotatable bonds is 3. The molecule has 4 atom stereocenters. The molecule has 0 radical (unpaired) electrons. The molecule has 2 bridgehead atoms. The van der Waals surface area contributed by atoms with E-state index in [1.165, 1.54) is 12.0 Å². The van der Waals surface area contributed by atoms with Gasteiger partial charge in [0.2, 0.25) is 0 Å². The van der Waals surface area contributed by atoms with E-state index in [2.05, 4.69) is 40.3 Å². The number of carbonyl (C=O) groups excluding carboxylic acids is 1. The molecule has 0 aromatic rings. The van der Waals surface area contributed by atoms with Crippen LogP contribution in [0.2, 0.25) is 0 Å². The van der Waals surface area contributed by atoms with Gasteiger partial charge in [-0.15, -0.1) is 0 Å². The van der Waals surface area contributed by atoms with Gasteiger partial charge in [0.25, 0.3) is 0 Å². The van der Waals surface area contributed by atoms with Crippen LogP contribution < -0.4 is 0 Å². The fraction of sp³-hybridized carbons (Fsp3) is 0.750. The van der Waals surface area contributed by atoms with E-state index in [4.69, 9.17) is 4.74 Å². The molecule has 2 heteroatoms. The van der Waals surface area contributed by atoms with E-state index in [0.29, 0.717) is 11.8 Å². The summed E-state index contributed by atoms with van der Waals surface area (Å²) in [7, 11) is 0. The van der Waals surface area contributed by atoms with Crippen molar-refractivity contribution in [2.75, 3.05) is 0 Å². The van der Waals surface area contributed by atoms with Crippen LogP contribution in [-0.4, -0.2) is 11.6 Å². The van der Waals surface area contributed by atoms with E-state index >= 15 is 0 Å². The van der Waals surface area contributed by atoms with Crippen molar-refractivity contribution >= 4 is 5.97 Å². The zero-order valence-corrected chi connectivity index (χ0v) is 14.6. The summed E-state index contributed by atoms with van der Waals surface area (Å²) in [5, 5.41) is 0. The number of fused-ring (bicyclic) bond motifs is 1. The van der Waals surface area contributed by atoms with Gasteiger partial charge in [0.15, 0.2) is 0 Å². The summed E-state index contributed by atoms with van der Waals surface area (Å²) in [6.45, 7) is 12.8. The summed E-state index contributed by atoms with van der Waals surface area (Å²) in [5.41, 5.74) is 0.938. The lowest BCUT2D eigenvalue weighted by molar-refractivity contribution is -0.156. The van der Waals surface area contributed by atoms with Gasteiger partial charge in [-0.2, -0.15) is 0 Å². The zero-order chi connectivity index (χ0) is 16.2. The molecule has 1 aliphatic heterocycles. The molecule has 122 valence electrons. The van der Waals surface area contributed by atoms with E-state index in [1.54, 1.807) is 0 Å². The maximum atomic E-state index is 13.0. The Labute approximate surface area is 135 Å². The normalized spacial score (nSPS) is 43.5. The summed E-state index contributed by atoms with van der Waals surface area (Å²) in [6.07, 6.45) is 10.6. The Morgan fingerprint density at radius 2 is 2.05 bits per heavy atom. The fourth-order valence-electron chi connectivity index (χ4n) is 5.76. The highest BCUT2D eigenvalue weighted by molar-refractivity contribution is 5.81. The number of ether oxygens (including phenoxy) is 1. The van der Waals surface area contributed by atoms with Crippen LogP contribution in [-0.2, 0) is 9.53 Å². The van der Waals surface area contributed by atoms with Crippen LogP contribution in [0.4, 0.5) is 0 Å². The Morgan fingerprint density at radius 1 is 1.32 bits per heavy atom. The van der Waals surface area contributed by atoms with Gasteiger partial charge < -0.3 is 4.74 Å². The van der Waals surface area contributed by atoms with Crippen LogP contribution in [0.1, 0.15) is 66.2 Å². The molecule has 0 aromatic carbocycles. The molecule has 2 aliphatic carbocycles. The third kappa shape index (κ3) is 2.02. The predicted octanol–water partition coefficient (Wildman–Crippen LogP) is 5.05. The van der Waals surface area contributed by atoms with E-state index in [9.17, 15) is 4.79 Å². The van der Waals surface area contributed by atoms with Gasteiger partial charge >= 0.3 is 5.97 Å². The van der Waals surface area contributed by atoms with Crippen LogP contribution >= 0.6 is 0 Å². The maximum Gasteiger partial charge on any atom is 0.313 e. The smallest absolute Gasteiger partial charge is 0.313 e. The minimum Gasteiger partial charge on any atom is -0.459 e. The number of hydrogen-bond donors (Lipinski definition) is 0. The molecule has 1 unspecified atom stereocenters. The third-order valence-electron chi connectivity index (χ3n) is 6.97. The van der Waals surface area contributed by atoms with Crippen LogP contribution in [0.25, 0.3) is 0 Å². The summed E-state index contributed by atoms with van der Waals surface area (Å²) < 4.78 is 6.01. The van der Waals surface area contributed by atoms with Crippen LogP contribution in [0.5, 0.6) is 0 Å². The van der Waals surface area contributed by atoms with E-state index < -0.39 is 0 Å². The van der Waals surface area contributed by atoms with Gasteiger partial charge in [0.05, 0.1) is 5.41 Å². The minimum atomic E-state index is -0.265. The quantitative estimate of drug-likeness (QED) is 0.539. The summed E-state index contributed by atoms with van der Waals surface area (Å²) in [6, 6.07) is 0. The lowest BCUT2D eigenvalue weighted by atomic mass is 9.46. The second kappa shape index (κ2) is 4.97. The largest absolute Gasteiger partial charge is 0.459 e. The zero-order valence-electron chi connectivity index (χ0n) is 14.6. The molecule has 1 saturated heterocycles. The molecule has 1 heterocycles. The van der Waals surface area contributed by atoms with E-state index in [-0.39, 0.29) is 22.4 Å². The molecule has 3 rings (SSSR count). The lowest BCUT2D eigenvalue weighted by Crippen LogP contribution is -2.55. The first-order chi connectivity index (χ1) is 10.3. The fourth-order valence-corrected chi connectivity index (χ4v) is 5.76. The Hall–Kier alpha value is -1.05. The van der Waals surface area contributed by atoms with Crippen LogP contribution in [0.15, 0.2) is 24.3 Å². The average molecular weight is 302 g/mol. The Bertz CT molecular complexity index is 530. The highest BCUT2D eigenvalue weighted by Crippen LogP contribution is 2.67. The summed E-state index contributed by atoms with van der Waals surface area (Å²) in [4.78, 5) is 13.0. The van der Waals surface area contributed by atoms with Gasteiger partial charge in [-0.1, -0.05) is 44.6 Å². The van der Waals surface area contributed by atoms with Gasteiger partial charge in [-0.25, -0.2) is 0 Å². The van der Waals surface area contributed by atoms with Crippen molar-refractivity contribution in [3.05, 3.63) is 24.3 Å². The van der Waals surface area contributed by atoms with Crippen molar-refractivity contribution < 1.29 is 9.53 Å². The molecule has 3 aliphatic rings. The topological polar surface area (TPSA) is 26.3 Å². The second-order valence-corrected chi connectivity index (χ2v) is 8.62. The monoisotopic (exact) mass is 302 g/mol. The predicted molar refractivity (Wildman–Crippen MR) is 89.3 cm³/mol. The molecule has 0 aromatic heterocycles.